The molecule has 2 N–H and O–H groups in total. The summed E-state index contributed by atoms with van der Waals surface area (Å²) in [6.45, 7) is 3.80. The van der Waals surface area contributed by atoms with E-state index in [4.69, 9.17) is 10.2 Å². The van der Waals surface area contributed by atoms with Gasteiger partial charge < -0.3 is 10.2 Å². The first-order valence-electron chi connectivity index (χ1n) is 5.77. The molecule has 1 aromatic carbocycles. The van der Waals surface area contributed by atoms with Crippen molar-refractivity contribution in [3.05, 3.63) is 35.7 Å². The SMILES string of the molecule is Cc1nc(Sc2nc(N)nc3ccccc23)oc1C. The lowest BCUT2D eigenvalue weighted by Crippen LogP contribution is -1.97. The minimum absolute atomic E-state index is 0.251. The Balaban J connectivity index is 2.09. The van der Waals surface area contributed by atoms with Crippen molar-refractivity contribution in [2.75, 3.05) is 5.73 Å². The average molecular weight is 272 g/mol. The Bertz CT molecular complexity index is 734. The van der Waals surface area contributed by atoms with E-state index in [-0.39, 0.29) is 5.95 Å². The molecular formula is C13H12N4OS. The lowest BCUT2D eigenvalue weighted by atomic mass is 10.2. The van der Waals surface area contributed by atoms with E-state index in [1.165, 1.54) is 11.8 Å². The molecule has 3 aromatic rings. The van der Waals surface area contributed by atoms with Crippen LogP contribution in [0.3, 0.4) is 0 Å². The van der Waals surface area contributed by atoms with Gasteiger partial charge in [-0.3, -0.25) is 0 Å². The molecule has 3 rings (SSSR count). The molecule has 0 unspecified atom stereocenters. The number of aromatic nitrogens is 3. The van der Waals surface area contributed by atoms with Crippen molar-refractivity contribution < 1.29 is 4.42 Å². The van der Waals surface area contributed by atoms with Crippen molar-refractivity contribution >= 4 is 28.6 Å². The lowest BCUT2D eigenvalue weighted by Gasteiger charge is -2.03. The molecule has 0 amide bonds. The zero-order valence-corrected chi connectivity index (χ0v) is 11.4. The van der Waals surface area contributed by atoms with Crippen LogP contribution in [0, 0.1) is 13.8 Å². The molecule has 2 heterocycles. The van der Waals surface area contributed by atoms with Gasteiger partial charge in [0.15, 0.2) is 0 Å². The van der Waals surface area contributed by atoms with Crippen LogP contribution in [0.4, 0.5) is 5.95 Å². The molecule has 19 heavy (non-hydrogen) atoms. The van der Waals surface area contributed by atoms with Gasteiger partial charge in [-0.1, -0.05) is 18.2 Å². The molecule has 0 spiro atoms. The molecule has 0 radical (unpaired) electrons. The van der Waals surface area contributed by atoms with E-state index in [1.54, 1.807) is 0 Å². The molecule has 0 saturated carbocycles. The molecule has 0 aliphatic rings. The Kier molecular flexibility index (Phi) is 2.87. The maximum Gasteiger partial charge on any atom is 0.262 e. The van der Waals surface area contributed by atoms with Crippen molar-refractivity contribution in [1.82, 2.24) is 15.0 Å². The van der Waals surface area contributed by atoms with Crippen molar-refractivity contribution in [3.63, 3.8) is 0 Å². The topological polar surface area (TPSA) is 77.8 Å². The quantitative estimate of drug-likeness (QED) is 0.723. The van der Waals surface area contributed by atoms with Crippen LogP contribution in [0.1, 0.15) is 11.5 Å². The van der Waals surface area contributed by atoms with E-state index >= 15 is 0 Å². The second kappa shape index (κ2) is 4.55. The van der Waals surface area contributed by atoms with Crippen LogP contribution in [0.5, 0.6) is 0 Å². The summed E-state index contributed by atoms with van der Waals surface area (Å²) < 4.78 is 5.56. The number of aryl methyl sites for hydroxylation is 2. The number of para-hydroxylation sites is 1. The minimum atomic E-state index is 0.251. The van der Waals surface area contributed by atoms with Crippen LogP contribution in [-0.4, -0.2) is 15.0 Å². The van der Waals surface area contributed by atoms with E-state index in [1.807, 2.05) is 38.1 Å². The molecule has 0 saturated heterocycles. The monoisotopic (exact) mass is 272 g/mol. The highest BCUT2D eigenvalue weighted by Gasteiger charge is 2.12. The molecule has 0 atom stereocenters. The van der Waals surface area contributed by atoms with Gasteiger partial charge in [-0.2, -0.15) is 0 Å². The smallest absolute Gasteiger partial charge is 0.262 e. The van der Waals surface area contributed by atoms with Crippen molar-refractivity contribution in [1.29, 1.82) is 0 Å². The Morgan fingerprint density at radius 2 is 1.89 bits per heavy atom. The zero-order valence-electron chi connectivity index (χ0n) is 10.5. The summed E-state index contributed by atoms with van der Waals surface area (Å²) in [6.07, 6.45) is 0. The highest BCUT2D eigenvalue weighted by Crippen LogP contribution is 2.32. The maximum atomic E-state index is 5.73. The van der Waals surface area contributed by atoms with E-state index in [9.17, 15) is 0 Å². The Labute approximate surface area is 114 Å². The molecule has 6 heteroatoms. The number of benzene rings is 1. The van der Waals surface area contributed by atoms with Gasteiger partial charge in [-0.25, -0.2) is 15.0 Å². The van der Waals surface area contributed by atoms with E-state index in [2.05, 4.69) is 15.0 Å². The summed E-state index contributed by atoms with van der Waals surface area (Å²) in [5.74, 6) is 1.06. The van der Waals surface area contributed by atoms with Gasteiger partial charge in [0, 0.05) is 5.39 Å². The van der Waals surface area contributed by atoms with E-state index in [0.717, 1.165) is 27.4 Å². The molecular weight excluding hydrogens is 260 g/mol. The Hall–Kier alpha value is -2.08. The van der Waals surface area contributed by atoms with Gasteiger partial charge in [0.1, 0.15) is 10.8 Å². The number of nitrogen functional groups attached to an aromatic ring is 1. The summed E-state index contributed by atoms with van der Waals surface area (Å²) >= 11 is 1.36. The third-order valence-corrected chi connectivity index (χ3v) is 3.63. The largest absolute Gasteiger partial charge is 0.436 e. The van der Waals surface area contributed by atoms with Crippen molar-refractivity contribution in [2.45, 2.75) is 24.1 Å². The van der Waals surface area contributed by atoms with Crippen LogP contribution in [0.2, 0.25) is 0 Å². The molecule has 2 aromatic heterocycles. The van der Waals surface area contributed by atoms with Crippen LogP contribution in [-0.2, 0) is 0 Å². The van der Waals surface area contributed by atoms with Gasteiger partial charge in [0.25, 0.3) is 5.22 Å². The Morgan fingerprint density at radius 1 is 1.11 bits per heavy atom. The second-order valence-corrected chi connectivity index (χ2v) is 5.07. The molecule has 96 valence electrons. The molecule has 0 aliphatic heterocycles. The van der Waals surface area contributed by atoms with Gasteiger partial charge in [-0.15, -0.1) is 0 Å². The first kappa shape index (κ1) is 12.0. The van der Waals surface area contributed by atoms with Gasteiger partial charge in [0.2, 0.25) is 5.95 Å². The maximum absolute atomic E-state index is 5.73. The number of rotatable bonds is 2. The summed E-state index contributed by atoms with van der Waals surface area (Å²) in [5.41, 5.74) is 7.43. The fourth-order valence-corrected chi connectivity index (χ4v) is 2.65. The third-order valence-electron chi connectivity index (χ3n) is 2.78. The number of nitrogens with zero attached hydrogens (tertiary/aromatic N) is 3. The van der Waals surface area contributed by atoms with Crippen LogP contribution < -0.4 is 5.73 Å². The minimum Gasteiger partial charge on any atom is -0.436 e. The summed E-state index contributed by atoms with van der Waals surface area (Å²) in [7, 11) is 0. The van der Waals surface area contributed by atoms with Crippen molar-refractivity contribution in [3.8, 4) is 0 Å². The summed E-state index contributed by atoms with van der Waals surface area (Å²) in [5, 5.41) is 2.26. The fourth-order valence-electron chi connectivity index (χ4n) is 1.71. The fraction of sp³-hybridized carbons (Fsp3) is 0.154. The summed E-state index contributed by atoms with van der Waals surface area (Å²) in [6, 6.07) is 7.73. The number of hydrogen-bond acceptors (Lipinski definition) is 6. The van der Waals surface area contributed by atoms with Crippen LogP contribution in [0.25, 0.3) is 10.9 Å². The molecule has 0 aliphatic carbocycles. The number of fused-ring (bicyclic) bond motifs is 1. The van der Waals surface area contributed by atoms with Gasteiger partial charge >= 0.3 is 0 Å². The second-order valence-electron chi connectivity index (χ2n) is 4.13. The third kappa shape index (κ3) is 2.26. The average Bonchev–Trinajstić information content (AvgIpc) is 2.68. The first-order chi connectivity index (χ1) is 9.13. The number of anilines is 1. The lowest BCUT2D eigenvalue weighted by molar-refractivity contribution is 0.431. The predicted octanol–water partition coefficient (Wildman–Crippen LogP) is 2.97. The number of nitrogens with two attached hydrogens (primary N) is 1. The van der Waals surface area contributed by atoms with Crippen LogP contribution in [0.15, 0.2) is 38.9 Å². The normalized spacial score (nSPS) is 11.1. The number of hydrogen-bond donors (Lipinski definition) is 1. The molecule has 5 nitrogen and oxygen atoms in total. The zero-order chi connectivity index (χ0) is 13.4. The van der Waals surface area contributed by atoms with E-state index < -0.39 is 0 Å². The number of oxazole rings is 1. The first-order valence-corrected chi connectivity index (χ1v) is 6.59. The standard InChI is InChI=1S/C13H12N4OS/c1-7-8(2)18-13(15-7)19-11-9-5-3-4-6-10(9)16-12(14)17-11/h3-6H,1-2H3,(H2,14,16,17). The van der Waals surface area contributed by atoms with Gasteiger partial charge in [0.05, 0.1) is 11.2 Å². The van der Waals surface area contributed by atoms with Crippen molar-refractivity contribution in [2.24, 2.45) is 0 Å². The van der Waals surface area contributed by atoms with Gasteiger partial charge in [-0.05, 0) is 31.7 Å². The van der Waals surface area contributed by atoms with Crippen LogP contribution >= 0.6 is 11.8 Å². The Morgan fingerprint density at radius 3 is 2.63 bits per heavy atom. The van der Waals surface area contributed by atoms with E-state index in [0.29, 0.717) is 5.22 Å². The molecule has 0 bridgehead atoms. The predicted molar refractivity (Wildman–Crippen MR) is 74.1 cm³/mol. The summed E-state index contributed by atoms with van der Waals surface area (Å²) in [4.78, 5) is 12.8. The highest BCUT2D eigenvalue weighted by atomic mass is 32.2. The molecule has 0 fully saturated rings. The highest BCUT2D eigenvalue weighted by molar-refractivity contribution is 7.99.